The molecule has 0 aliphatic rings. The van der Waals surface area contributed by atoms with Gasteiger partial charge >= 0.3 is 8.26 Å². The van der Waals surface area contributed by atoms with E-state index in [0.717, 1.165) is 6.41 Å². The predicted octanol–water partition coefficient (Wildman–Crippen LogP) is 0.413. The highest BCUT2D eigenvalue weighted by atomic mass is 36.0. The molecule has 62 valence electrons. The molecule has 0 saturated carbocycles. The van der Waals surface area contributed by atoms with Crippen molar-refractivity contribution < 1.29 is 13.2 Å². The van der Waals surface area contributed by atoms with Gasteiger partial charge in [0.15, 0.2) is 0 Å². The zero-order valence-electron chi connectivity index (χ0n) is 5.41. The Balaban J connectivity index is 0. The average Bonchev–Trinajstić information content (AvgIpc) is 1.61. The van der Waals surface area contributed by atoms with E-state index in [4.69, 9.17) is 8.42 Å². The number of halogens is 2. The Labute approximate surface area is 68.6 Å². The van der Waals surface area contributed by atoms with Gasteiger partial charge in [0.25, 0.3) is 0 Å². The average molecular weight is 208 g/mol. The lowest BCUT2D eigenvalue weighted by molar-refractivity contribution is -0.115. The molecule has 1 amide bonds. The van der Waals surface area contributed by atoms with Gasteiger partial charge in [0, 0.05) is 35.5 Å². The van der Waals surface area contributed by atoms with Gasteiger partial charge in [0.05, 0.1) is 0 Å². The van der Waals surface area contributed by atoms with Gasteiger partial charge in [-0.15, -0.1) is 0 Å². The molecule has 0 aliphatic heterocycles. The van der Waals surface area contributed by atoms with Gasteiger partial charge < -0.3 is 4.90 Å². The maximum atomic E-state index is 9.43. The monoisotopic (exact) mass is 207 g/mol. The molecule has 0 unspecified atom stereocenters. The number of hydrogen-bond donors (Lipinski definition) is 0. The summed E-state index contributed by atoms with van der Waals surface area (Å²) >= 11 is 0. The number of nitrogens with zero attached hydrogens (tertiary/aromatic N) is 1. The van der Waals surface area contributed by atoms with Crippen LogP contribution in [0.25, 0.3) is 0 Å². The van der Waals surface area contributed by atoms with Crippen LogP contribution in [0.2, 0.25) is 0 Å². The van der Waals surface area contributed by atoms with Crippen LogP contribution in [-0.2, 0) is 13.1 Å². The molecular weight excluding hydrogens is 201 g/mol. The van der Waals surface area contributed by atoms with Crippen molar-refractivity contribution in [3.63, 3.8) is 0 Å². The topological polar surface area (TPSA) is 54.5 Å². The van der Waals surface area contributed by atoms with Crippen LogP contribution in [0.5, 0.6) is 0 Å². The molecule has 0 atom stereocenters. The summed E-state index contributed by atoms with van der Waals surface area (Å²) in [5.41, 5.74) is 0. The van der Waals surface area contributed by atoms with E-state index in [1.165, 1.54) is 4.90 Å². The molecule has 7 heteroatoms. The van der Waals surface area contributed by atoms with Gasteiger partial charge in [-0.25, -0.2) is 0 Å². The Morgan fingerprint density at radius 3 is 1.40 bits per heavy atom. The van der Waals surface area contributed by atoms with Gasteiger partial charge in [-0.2, -0.15) is 8.42 Å². The van der Waals surface area contributed by atoms with Crippen molar-refractivity contribution in [3.05, 3.63) is 0 Å². The first-order chi connectivity index (χ1) is 4.27. The minimum atomic E-state index is -3.72. The molecule has 0 aromatic carbocycles. The van der Waals surface area contributed by atoms with Gasteiger partial charge in [0.1, 0.15) is 0 Å². The van der Waals surface area contributed by atoms with Gasteiger partial charge in [-0.1, -0.05) is 0 Å². The summed E-state index contributed by atoms with van der Waals surface area (Å²) in [6, 6.07) is 0. The lowest BCUT2D eigenvalue weighted by Gasteiger charge is -1.93. The molecule has 0 aromatic heterocycles. The first-order valence-electron chi connectivity index (χ1n) is 2.03. The molecule has 4 nitrogen and oxygen atoms in total. The Hall–Kier alpha value is -0.000000000000000111. The maximum Gasteiger partial charge on any atom is 0.317 e. The van der Waals surface area contributed by atoms with Gasteiger partial charge in [-0.3, -0.25) is 4.79 Å². The van der Waals surface area contributed by atoms with Crippen molar-refractivity contribution in [1.29, 1.82) is 0 Å². The second kappa shape index (κ2) is 5.76. The number of carbonyl (C=O) groups excluding carboxylic acids is 1. The van der Waals surface area contributed by atoms with E-state index in [-0.39, 0.29) is 0 Å². The molecule has 0 bridgehead atoms. The van der Waals surface area contributed by atoms with Crippen molar-refractivity contribution in [2.24, 2.45) is 0 Å². The minimum Gasteiger partial charge on any atom is -0.351 e. The molecule has 0 radical (unpaired) electrons. The van der Waals surface area contributed by atoms with Crippen LogP contribution in [-0.4, -0.2) is 33.8 Å². The third-order valence-electron chi connectivity index (χ3n) is 0.211. The summed E-state index contributed by atoms with van der Waals surface area (Å²) in [6.45, 7) is 0. The van der Waals surface area contributed by atoms with Gasteiger partial charge in [0.2, 0.25) is 6.41 Å². The van der Waals surface area contributed by atoms with E-state index in [9.17, 15) is 4.79 Å². The Morgan fingerprint density at radius 1 is 1.30 bits per heavy atom. The number of amides is 1. The van der Waals surface area contributed by atoms with E-state index in [0.29, 0.717) is 0 Å². The van der Waals surface area contributed by atoms with Crippen LogP contribution >= 0.6 is 21.4 Å². The zero-order chi connectivity index (χ0) is 8.78. The summed E-state index contributed by atoms with van der Waals surface area (Å²) < 4.78 is 18.3. The third-order valence-corrected chi connectivity index (χ3v) is 0.211. The number of carbonyl (C=O) groups is 1. The molecule has 0 aliphatic carbocycles. The van der Waals surface area contributed by atoms with Crippen molar-refractivity contribution in [1.82, 2.24) is 4.90 Å². The minimum absolute atomic E-state index is 0.750. The van der Waals surface area contributed by atoms with Crippen molar-refractivity contribution in [2.75, 3.05) is 14.1 Å². The van der Waals surface area contributed by atoms with Crippen LogP contribution in [0, 0.1) is 0 Å². The molecule has 10 heavy (non-hydrogen) atoms. The second-order valence-electron chi connectivity index (χ2n) is 1.45. The Bertz CT molecular complexity index is 168. The number of hydrogen-bond acceptors (Lipinski definition) is 3. The summed E-state index contributed by atoms with van der Waals surface area (Å²) in [5, 5.41) is 0. The van der Waals surface area contributed by atoms with E-state index < -0.39 is 8.26 Å². The highest BCUT2D eigenvalue weighted by Crippen LogP contribution is 1.98. The molecule has 0 saturated heterocycles. The molecule has 0 N–H and O–H groups in total. The summed E-state index contributed by atoms with van der Waals surface area (Å²) in [6.07, 6.45) is 0.750. The predicted molar refractivity (Wildman–Crippen MR) is 40.4 cm³/mol. The van der Waals surface area contributed by atoms with Crippen LogP contribution in [0.1, 0.15) is 0 Å². The van der Waals surface area contributed by atoms with E-state index in [2.05, 4.69) is 21.4 Å². The Morgan fingerprint density at radius 2 is 1.40 bits per heavy atom. The first-order valence-corrected chi connectivity index (χ1v) is 5.17. The van der Waals surface area contributed by atoms with Crippen LogP contribution < -0.4 is 0 Å². The Kier molecular flexibility index (Phi) is 7.29. The fourth-order valence-corrected chi connectivity index (χ4v) is 0. The zero-order valence-corrected chi connectivity index (χ0v) is 7.74. The molecule has 0 aromatic rings. The second-order valence-corrected chi connectivity index (χ2v) is 5.12. The molecule has 0 rings (SSSR count). The standard InChI is InChI=1S/C3H7NO.Cl2O2S/c1-4(2)3-5;1-5(2,3)4/h3H,1-2H3;. The third kappa shape index (κ3) is 98.0. The molecule has 0 spiro atoms. The quantitative estimate of drug-likeness (QED) is 0.463. The fraction of sp³-hybridized carbons (Fsp3) is 0.667. The molecule has 0 fully saturated rings. The highest BCUT2D eigenvalue weighted by molar-refractivity contribution is 8.31. The van der Waals surface area contributed by atoms with E-state index >= 15 is 0 Å². The first kappa shape index (κ1) is 12.7. The molecule has 0 heterocycles. The summed E-state index contributed by atoms with van der Waals surface area (Å²) in [7, 11) is 8.19. The van der Waals surface area contributed by atoms with Crippen LogP contribution in [0.15, 0.2) is 0 Å². The largest absolute Gasteiger partial charge is 0.351 e. The van der Waals surface area contributed by atoms with Crippen LogP contribution in [0.4, 0.5) is 0 Å². The maximum absolute atomic E-state index is 9.43. The van der Waals surface area contributed by atoms with E-state index in [1.807, 2.05) is 0 Å². The highest BCUT2D eigenvalue weighted by Gasteiger charge is 1.88. The summed E-state index contributed by atoms with van der Waals surface area (Å²) in [5.74, 6) is 0. The van der Waals surface area contributed by atoms with Crippen molar-refractivity contribution in [2.45, 2.75) is 0 Å². The lowest BCUT2D eigenvalue weighted by atomic mass is 11.0. The van der Waals surface area contributed by atoms with E-state index in [1.54, 1.807) is 14.1 Å². The van der Waals surface area contributed by atoms with Gasteiger partial charge in [-0.05, 0) is 0 Å². The normalized spacial score (nSPS) is 9.20. The summed E-state index contributed by atoms with van der Waals surface area (Å²) in [4.78, 5) is 10.9. The SMILES string of the molecule is CN(C)C=O.O=S(=O)(Cl)Cl. The molecular formula is C3H7Cl2NO3S. The fourth-order valence-electron chi connectivity index (χ4n) is 0. The number of rotatable bonds is 1. The van der Waals surface area contributed by atoms with Crippen molar-refractivity contribution >= 4 is 36.0 Å². The smallest absolute Gasteiger partial charge is 0.317 e. The van der Waals surface area contributed by atoms with Crippen molar-refractivity contribution in [3.8, 4) is 0 Å². The van der Waals surface area contributed by atoms with Crippen LogP contribution in [0.3, 0.4) is 0 Å². The lowest BCUT2D eigenvalue weighted by Crippen LogP contribution is -2.06.